The van der Waals surface area contributed by atoms with E-state index in [0.29, 0.717) is 0 Å². The van der Waals surface area contributed by atoms with E-state index in [4.69, 9.17) is 0 Å². The van der Waals surface area contributed by atoms with Crippen molar-refractivity contribution in [3.05, 3.63) is 53.1 Å². The Bertz CT molecular complexity index is 716. The van der Waals surface area contributed by atoms with Crippen LogP contribution in [0.4, 0.5) is 0 Å². The van der Waals surface area contributed by atoms with Crippen LogP contribution in [0.1, 0.15) is 62.2 Å². The zero-order chi connectivity index (χ0) is 17.4. The number of aryl methyl sites for hydroxylation is 1. The highest BCUT2D eigenvalue weighted by atomic mass is 16.4. The van der Waals surface area contributed by atoms with Gasteiger partial charge in [-0.25, -0.2) is 4.98 Å². The summed E-state index contributed by atoms with van der Waals surface area (Å²) in [5.41, 5.74) is 2.74. The fourth-order valence-electron chi connectivity index (χ4n) is 2.89. The maximum absolute atomic E-state index is 11.5. The number of nitrogens with zero attached hydrogens (tertiary/aromatic N) is 2. The van der Waals surface area contributed by atoms with Gasteiger partial charge in [0.25, 0.3) is 0 Å². The van der Waals surface area contributed by atoms with E-state index in [1.807, 2.05) is 17.7 Å². The minimum atomic E-state index is -1.05. The maximum atomic E-state index is 11.5. The molecule has 0 radical (unpaired) electrons. The molecule has 0 N–H and O–H groups in total. The summed E-state index contributed by atoms with van der Waals surface area (Å²) in [6, 6.07) is 6.01. The average molecular weight is 313 g/mol. The third kappa shape index (κ3) is 3.03. The molecule has 1 aromatic heterocycles. The molecule has 1 unspecified atom stereocenters. The van der Waals surface area contributed by atoms with Gasteiger partial charge < -0.3 is 14.5 Å². The van der Waals surface area contributed by atoms with Crippen LogP contribution in [0.15, 0.2) is 30.6 Å². The molecular formula is C19H25N2O2-. The van der Waals surface area contributed by atoms with Crippen molar-refractivity contribution in [2.24, 2.45) is 5.41 Å². The van der Waals surface area contributed by atoms with E-state index in [1.165, 1.54) is 16.7 Å². The summed E-state index contributed by atoms with van der Waals surface area (Å²) in [4.78, 5) is 16.0. The first-order chi connectivity index (χ1) is 10.7. The third-order valence-corrected chi connectivity index (χ3v) is 5.19. The Hall–Kier alpha value is -2.10. The van der Waals surface area contributed by atoms with Crippen molar-refractivity contribution in [1.29, 1.82) is 0 Å². The zero-order valence-corrected chi connectivity index (χ0v) is 14.8. The number of rotatable bonds is 5. The topological polar surface area (TPSA) is 58.0 Å². The lowest BCUT2D eigenvalue weighted by Crippen LogP contribution is -2.43. The van der Waals surface area contributed by atoms with E-state index in [1.54, 1.807) is 20.0 Å². The second-order valence-corrected chi connectivity index (χ2v) is 6.89. The summed E-state index contributed by atoms with van der Waals surface area (Å²) in [6.45, 7) is 11.6. The Kier molecular flexibility index (Phi) is 4.64. The molecule has 1 aromatic carbocycles. The molecule has 0 bridgehead atoms. The van der Waals surface area contributed by atoms with E-state index in [9.17, 15) is 9.90 Å². The fourth-order valence-corrected chi connectivity index (χ4v) is 2.89. The molecule has 0 spiro atoms. The van der Waals surface area contributed by atoms with E-state index < -0.39 is 11.4 Å². The number of carboxylic acids is 1. The van der Waals surface area contributed by atoms with Crippen molar-refractivity contribution in [3.63, 3.8) is 0 Å². The van der Waals surface area contributed by atoms with Crippen molar-refractivity contribution in [1.82, 2.24) is 9.55 Å². The van der Waals surface area contributed by atoms with Crippen LogP contribution in [0.25, 0.3) is 0 Å². The molecule has 2 atom stereocenters. The van der Waals surface area contributed by atoms with Crippen molar-refractivity contribution in [2.75, 3.05) is 0 Å². The van der Waals surface area contributed by atoms with E-state index in [2.05, 4.69) is 44.0 Å². The number of carbonyl (C=O) groups is 1. The van der Waals surface area contributed by atoms with Crippen LogP contribution in [-0.2, 0) is 4.79 Å². The molecule has 0 aliphatic heterocycles. The molecule has 0 fully saturated rings. The Balaban J connectivity index is 2.45. The van der Waals surface area contributed by atoms with Gasteiger partial charge in [-0.3, -0.25) is 0 Å². The van der Waals surface area contributed by atoms with Gasteiger partial charge in [0.2, 0.25) is 0 Å². The second-order valence-electron chi connectivity index (χ2n) is 6.89. The number of benzene rings is 1. The molecule has 0 saturated heterocycles. The molecule has 4 nitrogen and oxygen atoms in total. The van der Waals surface area contributed by atoms with Crippen LogP contribution < -0.4 is 5.11 Å². The highest BCUT2D eigenvalue weighted by Gasteiger charge is 2.31. The number of imidazole rings is 1. The van der Waals surface area contributed by atoms with Gasteiger partial charge in [-0.15, -0.1) is 0 Å². The normalized spacial score (nSPS) is 14.5. The van der Waals surface area contributed by atoms with Crippen LogP contribution in [0, 0.1) is 19.3 Å². The summed E-state index contributed by atoms with van der Waals surface area (Å²) < 4.78 is 1.96. The first-order valence-corrected chi connectivity index (χ1v) is 7.98. The van der Waals surface area contributed by atoms with Gasteiger partial charge in [-0.2, -0.15) is 0 Å². The summed E-state index contributed by atoms with van der Waals surface area (Å²) in [6.07, 6.45) is 3.59. The van der Waals surface area contributed by atoms with Crippen LogP contribution >= 0.6 is 0 Å². The van der Waals surface area contributed by atoms with Crippen molar-refractivity contribution in [2.45, 2.75) is 53.5 Å². The lowest BCUT2D eigenvalue weighted by molar-refractivity contribution is -0.319. The number of carboxylic acid groups (broad SMARTS) is 1. The second kappa shape index (κ2) is 6.19. The largest absolute Gasteiger partial charge is 0.549 e. The van der Waals surface area contributed by atoms with Crippen molar-refractivity contribution in [3.8, 4) is 0 Å². The summed E-state index contributed by atoms with van der Waals surface area (Å²) >= 11 is 0. The lowest BCUT2D eigenvalue weighted by Gasteiger charge is -2.35. The van der Waals surface area contributed by atoms with Gasteiger partial charge in [-0.1, -0.05) is 39.0 Å². The molecule has 0 aliphatic carbocycles. The van der Waals surface area contributed by atoms with Crippen LogP contribution in [0.2, 0.25) is 0 Å². The van der Waals surface area contributed by atoms with Crippen molar-refractivity contribution >= 4 is 5.97 Å². The molecule has 0 saturated carbocycles. The van der Waals surface area contributed by atoms with Gasteiger partial charge >= 0.3 is 0 Å². The van der Waals surface area contributed by atoms with E-state index >= 15 is 0 Å². The Morgan fingerprint density at radius 3 is 2.52 bits per heavy atom. The first-order valence-electron chi connectivity index (χ1n) is 7.98. The highest BCUT2D eigenvalue weighted by molar-refractivity contribution is 5.72. The van der Waals surface area contributed by atoms with E-state index in [0.717, 1.165) is 5.82 Å². The number of carbonyl (C=O) groups excluding carboxylic acids is 1. The predicted molar refractivity (Wildman–Crippen MR) is 89.2 cm³/mol. The molecule has 23 heavy (non-hydrogen) atoms. The Morgan fingerprint density at radius 2 is 1.91 bits per heavy atom. The zero-order valence-electron chi connectivity index (χ0n) is 14.8. The van der Waals surface area contributed by atoms with Gasteiger partial charge in [0.05, 0.1) is 0 Å². The van der Waals surface area contributed by atoms with Gasteiger partial charge in [-0.05, 0) is 37.5 Å². The molecule has 0 aliphatic rings. The lowest BCUT2D eigenvalue weighted by atomic mass is 9.84. The first kappa shape index (κ1) is 17.3. The van der Waals surface area contributed by atoms with Gasteiger partial charge in [0.15, 0.2) is 0 Å². The molecule has 1 heterocycles. The number of aliphatic carboxylic acids is 1. The highest BCUT2D eigenvalue weighted by Crippen LogP contribution is 2.35. The molecular weight excluding hydrogens is 288 g/mol. The summed E-state index contributed by atoms with van der Waals surface area (Å²) in [5, 5.41) is 11.5. The minimum Gasteiger partial charge on any atom is -0.549 e. The molecule has 4 heteroatoms. The smallest absolute Gasteiger partial charge is 0.116 e. The molecule has 2 rings (SSSR count). The van der Waals surface area contributed by atoms with Crippen LogP contribution in [0.3, 0.4) is 0 Å². The van der Waals surface area contributed by atoms with Crippen LogP contribution in [0.5, 0.6) is 0 Å². The monoisotopic (exact) mass is 313 g/mol. The predicted octanol–water partition coefficient (Wildman–Crippen LogP) is 2.99. The standard InChI is InChI=1S/C19H26N2O2/c1-12-8-7-9-16(13(12)2)14(3)17-20-10-11-21(17)15(4)19(5,6)18(22)23/h7-11,14-15H,1-6H3,(H,22,23)/p-1/t14-,15?/m1/s1. The molecule has 124 valence electrons. The molecule has 0 amide bonds. The average Bonchev–Trinajstić information content (AvgIpc) is 2.97. The summed E-state index contributed by atoms with van der Waals surface area (Å²) in [5.74, 6) is -0.0885. The maximum Gasteiger partial charge on any atom is 0.116 e. The summed E-state index contributed by atoms with van der Waals surface area (Å²) in [7, 11) is 0. The fraction of sp³-hybridized carbons (Fsp3) is 0.474. The number of hydrogen-bond acceptors (Lipinski definition) is 3. The van der Waals surface area contributed by atoms with E-state index in [-0.39, 0.29) is 12.0 Å². The number of hydrogen-bond donors (Lipinski definition) is 0. The Morgan fingerprint density at radius 1 is 1.26 bits per heavy atom. The minimum absolute atomic E-state index is 0.0879. The Labute approximate surface area is 138 Å². The SMILES string of the molecule is Cc1cccc([C@@H](C)c2nccn2C(C)C(C)(C)C(=O)[O-])c1C. The van der Waals surface area contributed by atoms with Gasteiger partial charge in [0, 0.05) is 35.7 Å². The van der Waals surface area contributed by atoms with Crippen molar-refractivity contribution < 1.29 is 9.90 Å². The number of aromatic nitrogens is 2. The van der Waals surface area contributed by atoms with Gasteiger partial charge in [0.1, 0.15) is 5.82 Å². The quantitative estimate of drug-likeness (QED) is 0.852. The third-order valence-electron chi connectivity index (χ3n) is 5.19. The molecule has 2 aromatic rings. The van der Waals surface area contributed by atoms with Crippen LogP contribution in [-0.4, -0.2) is 15.5 Å².